The van der Waals surface area contributed by atoms with Crippen molar-refractivity contribution in [3.63, 3.8) is 0 Å². The first-order valence-corrected chi connectivity index (χ1v) is 8.16. The molecule has 0 aromatic heterocycles. The van der Waals surface area contributed by atoms with Gasteiger partial charge in [-0.25, -0.2) is 17.9 Å². The maximum absolute atomic E-state index is 12.9. The Hall–Kier alpha value is -0.980. The average molecular weight is 286 g/mol. The SMILES string of the molecule is NS(=O)(=O)CCCNC(c1ccc(F)cc1)C1CC1. The first kappa shape index (κ1) is 14.4. The number of nitrogens with two attached hydrogens (primary N) is 1. The first-order chi connectivity index (χ1) is 8.96. The molecule has 3 N–H and O–H groups in total. The van der Waals surface area contributed by atoms with Gasteiger partial charge in [-0.2, -0.15) is 0 Å². The average Bonchev–Trinajstić information content (AvgIpc) is 3.14. The van der Waals surface area contributed by atoms with Crippen LogP contribution in [0.3, 0.4) is 0 Å². The fraction of sp³-hybridized carbons (Fsp3) is 0.538. The summed E-state index contributed by atoms with van der Waals surface area (Å²) in [7, 11) is -3.39. The molecule has 0 radical (unpaired) electrons. The molecule has 1 atom stereocenters. The molecule has 1 aliphatic carbocycles. The lowest BCUT2D eigenvalue weighted by Crippen LogP contribution is -2.27. The Morgan fingerprint density at radius 3 is 2.47 bits per heavy atom. The van der Waals surface area contributed by atoms with E-state index in [2.05, 4.69) is 5.32 Å². The highest BCUT2D eigenvalue weighted by atomic mass is 32.2. The molecule has 2 rings (SSSR count). The van der Waals surface area contributed by atoms with Crippen LogP contribution in [-0.4, -0.2) is 20.7 Å². The molecule has 0 aliphatic heterocycles. The van der Waals surface area contributed by atoms with Gasteiger partial charge in [0.05, 0.1) is 5.75 Å². The molecule has 1 aromatic rings. The number of nitrogens with one attached hydrogen (secondary N) is 1. The van der Waals surface area contributed by atoms with Crippen molar-refractivity contribution >= 4 is 10.0 Å². The van der Waals surface area contributed by atoms with E-state index in [1.54, 1.807) is 12.1 Å². The highest BCUT2D eigenvalue weighted by Crippen LogP contribution is 2.40. The van der Waals surface area contributed by atoms with Crippen LogP contribution in [0.25, 0.3) is 0 Å². The van der Waals surface area contributed by atoms with Crippen molar-refractivity contribution in [2.24, 2.45) is 11.1 Å². The van der Waals surface area contributed by atoms with Crippen molar-refractivity contribution in [3.05, 3.63) is 35.6 Å². The molecule has 106 valence electrons. The Balaban J connectivity index is 1.88. The molecule has 4 nitrogen and oxygen atoms in total. The van der Waals surface area contributed by atoms with Crippen molar-refractivity contribution < 1.29 is 12.8 Å². The molecule has 1 unspecified atom stereocenters. The number of benzene rings is 1. The van der Waals surface area contributed by atoms with E-state index in [4.69, 9.17) is 5.14 Å². The minimum atomic E-state index is -3.39. The summed E-state index contributed by atoms with van der Waals surface area (Å²) in [5, 5.41) is 8.30. The summed E-state index contributed by atoms with van der Waals surface area (Å²) in [5.74, 6) is 0.313. The normalized spacial score (nSPS) is 17.4. The summed E-state index contributed by atoms with van der Waals surface area (Å²) in [6.07, 6.45) is 2.80. The van der Waals surface area contributed by atoms with Gasteiger partial charge in [0.25, 0.3) is 0 Å². The lowest BCUT2D eigenvalue weighted by Gasteiger charge is -2.18. The molecule has 1 aliphatic rings. The van der Waals surface area contributed by atoms with Crippen LogP contribution < -0.4 is 10.5 Å². The largest absolute Gasteiger partial charge is 0.310 e. The number of halogens is 1. The molecule has 1 saturated carbocycles. The molecule has 0 spiro atoms. The van der Waals surface area contributed by atoms with E-state index in [0.717, 1.165) is 18.4 Å². The Kier molecular flexibility index (Phi) is 4.54. The van der Waals surface area contributed by atoms with Crippen molar-refractivity contribution in [2.45, 2.75) is 25.3 Å². The second-order valence-corrected chi connectivity index (χ2v) is 6.78. The third-order valence-corrected chi connectivity index (χ3v) is 4.15. The van der Waals surface area contributed by atoms with Gasteiger partial charge >= 0.3 is 0 Å². The van der Waals surface area contributed by atoms with Gasteiger partial charge in [-0.05, 0) is 49.4 Å². The first-order valence-electron chi connectivity index (χ1n) is 6.45. The van der Waals surface area contributed by atoms with Gasteiger partial charge in [0.1, 0.15) is 5.82 Å². The third kappa shape index (κ3) is 4.89. The summed E-state index contributed by atoms with van der Waals surface area (Å²) < 4.78 is 34.6. The van der Waals surface area contributed by atoms with Crippen LogP contribution in [0.5, 0.6) is 0 Å². The predicted octanol–water partition coefficient (Wildman–Crippen LogP) is 1.54. The van der Waals surface area contributed by atoms with Gasteiger partial charge in [-0.15, -0.1) is 0 Å². The van der Waals surface area contributed by atoms with E-state index in [-0.39, 0.29) is 17.6 Å². The predicted molar refractivity (Wildman–Crippen MR) is 72.5 cm³/mol. The second kappa shape index (κ2) is 5.98. The summed E-state index contributed by atoms with van der Waals surface area (Å²) in [6, 6.07) is 6.66. The maximum atomic E-state index is 12.9. The fourth-order valence-corrected chi connectivity index (χ4v) is 2.73. The molecule has 1 fully saturated rings. The smallest absolute Gasteiger partial charge is 0.209 e. The van der Waals surface area contributed by atoms with Crippen LogP contribution in [0.15, 0.2) is 24.3 Å². The highest BCUT2D eigenvalue weighted by molar-refractivity contribution is 7.89. The minimum Gasteiger partial charge on any atom is -0.310 e. The minimum absolute atomic E-state index is 0.0131. The van der Waals surface area contributed by atoms with Crippen molar-refractivity contribution in [1.29, 1.82) is 0 Å². The lowest BCUT2D eigenvalue weighted by molar-refractivity contribution is 0.479. The third-order valence-electron chi connectivity index (χ3n) is 3.29. The molecule has 1 aromatic carbocycles. The van der Waals surface area contributed by atoms with Gasteiger partial charge < -0.3 is 5.32 Å². The number of hydrogen-bond acceptors (Lipinski definition) is 3. The van der Waals surface area contributed by atoms with Crippen LogP contribution in [-0.2, 0) is 10.0 Å². The van der Waals surface area contributed by atoms with Gasteiger partial charge in [0, 0.05) is 6.04 Å². The zero-order chi connectivity index (χ0) is 13.9. The van der Waals surface area contributed by atoms with E-state index < -0.39 is 10.0 Å². The number of sulfonamides is 1. The fourth-order valence-electron chi connectivity index (χ4n) is 2.19. The number of primary sulfonamides is 1. The topological polar surface area (TPSA) is 72.2 Å². The van der Waals surface area contributed by atoms with Crippen molar-refractivity contribution in [3.8, 4) is 0 Å². The Morgan fingerprint density at radius 1 is 1.32 bits per heavy atom. The van der Waals surface area contributed by atoms with E-state index in [1.165, 1.54) is 12.1 Å². The van der Waals surface area contributed by atoms with Crippen LogP contribution in [0, 0.1) is 11.7 Å². The summed E-state index contributed by atoms with van der Waals surface area (Å²) >= 11 is 0. The molecular formula is C13H19FN2O2S. The highest BCUT2D eigenvalue weighted by Gasteiger charge is 2.31. The van der Waals surface area contributed by atoms with E-state index >= 15 is 0 Å². The van der Waals surface area contributed by atoms with Crippen LogP contribution in [0.2, 0.25) is 0 Å². The van der Waals surface area contributed by atoms with E-state index in [0.29, 0.717) is 18.9 Å². The molecule has 0 bridgehead atoms. The van der Waals surface area contributed by atoms with Crippen molar-refractivity contribution in [2.75, 3.05) is 12.3 Å². The second-order valence-electron chi connectivity index (χ2n) is 5.04. The summed E-state index contributed by atoms with van der Waals surface area (Å²) in [6.45, 7) is 0.592. The van der Waals surface area contributed by atoms with Gasteiger partial charge in [-0.1, -0.05) is 12.1 Å². The van der Waals surface area contributed by atoms with Gasteiger partial charge in [0.15, 0.2) is 0 Å². The van der Waals surface area contributed by atoms with Gasteiger partial charge in [0.2, 0.25) is 10.0 Å². The maximum Gasteiger partial charge on any atom is 0.209 e. The van der Waals surface area contributed by atoms with E-state index in [9.17, 15) is 12.8 Å². The summed E-state index contributed by atoms with van der Waals surface area (Å²) in [4.78, 5) is 0. The van der Waals surface area contributed by atoms with Crippen LogP contribution >= 0.6 is 0 Å². The van der Waals surface area contributed by atoms with E-state index in [1.807, 2.05) is 0 Å². The van der Waals surface area contributed by atoms with Crippen LogP contribution in [0.1, 0.15) is 30.9 Å². The number of rotatable bonds is 7. The summed E-state index contributed by atoms with van der Waals surface area (Å²) in [5.41, 5.74) is 1.06. The molecule has 19 heavy (non-hydrogen) atoms. The molecule has 0 saturated heterocycles. The standard InChI is InChI=1S/C13H19FN2O2S/c14-12-6-4-11(5-7-12)13(10-2-3-10)16-8-1-9-19(15,17)18/h4-7,10,13,16H,1-3,8-9H2,(H2,15,17,18). The molecular weight excluding hydrogens is 267 g/mol. The molecule has 0 amide bonds. The Bertz CT molecular complexity index is 512. The molecule has 0 heterocycles. The van der Waals surface area contributed by atoms with Crippen LogP contribution in [0.4, 0.5) is 4.39 Å². The zero-order valence-electron chi connectivity index (χ0n) is 10.7. The lowest BCUT2D eigenvalue weighted by atomic mass is 10.0. The Labute approximate surface area is 113 Å². The zero-order valence-corrected chi connectivity index (χ0v) is 11.5. The monoisotopic (exact) mass is 286 g/mol. The van der Waals surface area contributed by atoms with Crippen molar-refractivity contribution in [1.82, 2.24) is 5.32 Å². The Morgan fingerprint density at radius 2 is 1.95 bits per heavy atom. The molecule has 6 heteroatoms. The number of hydrogen-bond donors (Lipinski definition) is 2. The van der Waals surface area contributed by atoms with Gasteiger partial charge in [-0.3, -0.25) is 0 Å². The quantitative estimate of drug-likeness (QED) is 0.747.